The number of benzene rings is 2. The van der Waals surface area contributed by atoms with E-state index in [4.69, 9.17) is 9.47 Å². The van der Waals surface area contributed by atoms with E-state index in [9.17, 15) is 14.0 Å². The van der Waals surface area contributed by atoms with E-state index in [-0.39, 0.29) is 17.8 Å². The number of nitrogens with one attached hydrogen (secondary N) is 1. The fourth-order valence-corrected chi connectivity index (χ4v) is 4.57. The summed E-state index contributed by atoms with van der Waals surface area (Å²) in [7, 11) is 1.28. The number of methoxy groups -OCH3 is 1. The van der Waals surface area contributed by atoms with Crippen LogP contribution < -0.4 is 5.32 Å². The average Bonchev–Trinajstić information content (AvgIpc) is 3.20. The van der Waals surface area contributed by atoms with Gasteiger partial charge in [-0.05, 0) is 42.7 Å². The minimum absolute atomic E-state index is 0.204. The number of nitrogens with zero attached hydrogens (tertiary/aromatic N) is 1. The highest BCUT2D eigenvalue weighted by Crippen LogP contribution is 2.39. The summed E-state index contributed by atoms with van der Waals surface area (Å²) in [5.74, 6) is -2.37. The van der Waals surface area contributed by atoms with E-state index in [2.05, 4.69) is 22.3 Å². The Hall–Kier alpha value is -3.45. The van der Waals surface area contributed by atoms with E-state index in [0.29, 0.717) is 23.5 Å². The van der Waals surface area contributed by atoms with Gasteiger partial charge in [0.1, 0.15) is 12.4 Å². The predicted octanol–water partition coefficient (Wildman–Crippen LogP) is 3.79. The summed E-state index contributed by atoms with van der Waals surface area (Å²) in [6.45, 7) is 5.90. The maximum atomic E-state index is 14.1. The van der Waals surface area contributed by atoms with Crippen LogP contribution in [0, 0.1) is 5.82 Å². The number of halogens is 1. The van der Waals surface area contributed by atoms with Gasteiger partial charge >= 0.3 is 11.9 Å². The zero-order valence-electron chi connectivity index (χ0n) is 19.0. The summed E-state index contributed by atoms with van der Waals surface area (Å²) in [5.41, 5.74) is 4.71. The van der Waals surface area contributed by atoms with E-state index in [1.165, 1.54) is 30.4 Å². The minimum Gasteiger partial charge on any atom is -0.466 e. The van der Waals surface area contributed by atoms with Crippen molar-refractivity contribution in [3.8, 4) is 0 Å². The Bertz CT molecular complexity index is 1130. The van der Waals surface area contributed by atoms with Gasteiger partial charge < -0.3 is 14.8 Å². The average molecular weight is 451 g/mol. The van der Waals surface area contributed by atoms with E-state index in [1.54, 1.807) is 26.0 Å². The van der Waals surface area contributed by atoms with Crippen LogP contribution in [0.2, 0.25) is 0 Å². The quantitative estimate of drug-likeness (QED) is 0.676. The van der Waals surface area contributed by atoms with Crippen molar-refractivity contribution >= 4 is 11.9 Å². The lowest BCUT2D eigenvalue weighted by Gasteiger charge is -2.30. The summed E-state index contributed by atoms with van der Waals surface area (Å²) >= 11 is 0. The number of carbonyl (C=O) groups excluding carboxylic acids is 2. The van der Waals surface area contributed by atoms with Gasteiger partial charge in [-0.15, -0.1) is 0 Å². The first kappa shape index (κ1) is 22.7. The van der Waals surface area contributed by atoms with E-state index >= 15 is 0 Å². The van der Waals surface area contributed by atoms with Crippen LogP contribution in [-0.2, 0) is 32.2 Å². The maximum Gasteiger partial charge on any atom is 0.336 e. The Morgan fingerprint density at radius 2 is 1.64 bits per heavy atom. The molecular formula is C26H27FN2O4. The first-order valence-electron chi connectivity index (χ1n) is 10.9. The highest BCUT2D eigenvalue weighted by Gasteiger charge is 2.38. The monoisotopic (exact) mass is 450 g/mol. The van der Waals surface area contributed by atoms with Crippen molar-refractivity contribution in [1.82, 2.24) is 10.2 Å². The third-order valence-electron chi connectivity index (χ3n) is 6.11. The molecule has 2 aromatic carbocycles. The standard InChI is InChI=1S/C26H27FN2O4/c1-16-22(25(30)32-3)24(18-9-6-10-21(27)13-18)23(17(2)28-16)26(31)33-12-11-29-14-19-7-4-5-8-20(19)15-29/h4-10,13,24,28H,11-12,14-15H2,1-3H3. The van der Waals surface area contributed by atoms with Gasteiger partial charge in [0.25, 0.3) is 0 Å². The van der Waals surface area contributed by atoms with Gasteiger partial charge in [-0.2, -0.15) is 0 Å². The number of fused-ring (bicyclic) bond motifs is 1. The number of carbonyl (C=O) groups is 2. The van der Waals surface area contributed by atoms with E-state index < -0.39 is 23.7 Å². The largest absolute Gasteiger partial charge is 0.466 e. The first-order valence-corrected chi connectivity index (χ1v) is 10.9. The smallest absolute Gasteiger partial charge is 0.336 e. The molecule has 6 nitrogen and oxygen atoms in total. The molecule has 0 radical (unpaired) electrons. The van der Waals surface area contributed by atoms with Crippen LogP contribution in [0.25, 0.3) is 0 Å². The number of hydrogen-bond donors (Lipinski definition) is 1. The van der Waals surface area contributed by atoms with Crippen molar-refractivity contribution in [1.29, 1.82) is 0 Å². The molecule has 1 atom stereocenters. The lowest BCUT2D eigenvalue weighted by atomic mass is 9.80. The fourth-order valence-electron chi connectivity index (χ4n) is 4.57. The van der Waals surface area contributed by atoms with Gasteiger partial charge in [0, 0.05) is 31.0 Å². The van der Waals surface area contributed by atoms with Crippen LogP contribution in [0.15, 0.2) is 71.1 Å². The zero-order chi connectivity index (χ0) is 23.5. The molecule has 33 heavy (non-hydrogen) atoms. The number of rotatable bonds is 6. The number of hydrogen-bond acceptors (Lipinski definition) is 6. The number of esters is 2. The van der Waals surface area contributed by atoms with Crippen LogP contribution >= 0.6 is 0 Å². The summed E-state index contributed by atoms with van der Waals surface area (Å²) < 4.78 is 24.7. The molecular weight excluding hydrogens is 423 g/mol. The second kappa shape index (κ2) is 9.58. The molecule has 2 heterocycles. The highest BCUT2D eigenvalue weighted by molar-refractivity contribution is 5.99. The zero-order valence-corrected chi connectivity index (χ0v) is 19.0. The molecule has 0 saturated heterocycles. The van der Waals surface area contributed by atoms with Crippen molar-refractivity contribution in [2.75, 3.05) is 20.3 Å². The van der Waals surface area contributed by atoms with Gasteiger partial charge in [-0.1, -0.05) is 36.4 Å². The van der Waals surface area contributed by atoms with Crippen LogP contribution in [0.3, 0.4) is 0 Å². The van der Waals surface area contributed by atoms with Gasteiger partial charge in [0.2, 0.25) is 0 Å². The van der Waals surface area contributed by atoms with Crippen molar-refractivity contribution in [3.05, 3.63) is 93.6 Å². The van der Waals surface area contributed by atoms with Crippen LogP contribution in [-0.4, -0.2) is 37.1 Å². The minimum atomic E-state index is -0.794. The molecule has 0 aliphatic carbocycles. The molecule has 7 heteroatoms. The van der Waals surface area contributed by atoms with Gasteiger partial charge in [0.15, 0.2) is 0 Å². The molecule has 0 saturated carbocycles. The van der Waals surface area contributed by atoms with Crippen molar-refractivity contribution in [2.45, 2.75) is 32.9 Å². The van der Waals surface area contributed by atoms with Crippen molar-refractivity contribution in [3.63, 3.8) is 0 Å². The molecule has 2 aromatic rings. The SMILES string of the molecule is COC(=O)C1=C(C)NC(C)=C(C(=O)OCCN2Cc3ccccc3C2)C1c1cccc(F)c1. The normalized spacial score (nSPS) is 18.1. The number of allylic oxidation sites excluding steroid dienone is 2. The topological polar surface area (TPSA) is 67.9 Å². The number of ether oxygens (including phenoxy) is 2. The van der Waals surface area contributed by atoms with Gasteiger partial charge in [-0.3, -0.25) is 4.90 Å². The molecule has 2 aliphatic heterocycles. The maximum absolute atomic E-state index is 14.1. The molecule has 0 bridgehead atoms. The fraction of sp³-hybridized carbons (Fsp3) is 0.308. The Morgan fingerprint density at radius 3 is 2.24 bits per heavy atom. The Morgan fingerprint density at radius 1 is 1.00 bits per heavy atom. The number of dihydropyridines is 1. The summed E-state index contributed by atoms with van der Waals surface area (Å²) in [6.07, 6.45) is 0. The van der Waals surface area contributed by atoms with Crippen molar-refractivity contribution < 1.29 is 23.5 Å². The predicted molar refractivity (Wildman–Crippen MR) is 121 cm³/mol. The van der Waals surface area contributed by atoms with Crippen molar-refractivity contribution in [2.24, 2.45) is 0 Å². The Balaban J connectivity index is 1.53. The molecule has 2 aliphatic rings. The van der Waals surface area contributed by atoms with Crippen LogP contribution in [0.4, 0.5) is 4.39 Å². The molecule has 0 amide bonds. The second-order valence-electron chi connectivity index (χ2n) is 8.30. The van der Waals surface area contributed by atoms with Crippen LogP contribution in [0.5, 0.6) is 0 Å². The second-order valence-corrected chi connectivity index (χ2v) is 8.30. The Labute approximate surface area is 192 Å². The summed E-state index contributed by atoms with van der Waals surface area (Å²) in [4.78, 5) is 28.1. The van der Waals surface area contributed by atoms with Crippen LogP contribution in [0.1, 0.15) is 36.5 Å². The van der Waals surface area contributed by atoms with E-state index in [0.717, 1.165) is 13.1 Å². The lowest BCUT2D eigenvalue weighted by Crippen LogP contribution is -2.33. The molecule has 0 fully saturated rings. The van der Waals surface area contributed by atoms with Gasteiger partial charge in [0.05, 0.1) is 24.2 Å². The van der Waals surface area contributed by atoms with Gasteiger partial charge in [-0.25, -0.2) is 14.0 Å². The van der Waals surface area contributed by atoms with E-state index in [1.807, 2.05) is 12.1 Å². The lowest BCUT2D eigenvalue weighted by molar-refractivity contribution is -0.140. The first-order chi connectivity index (χ1) is 15.9. The molecule has 1 N–H and O–H groups in total. The molecule has 172 valence electrons. The summed E-state index contributed by atoms with van der Waals surface area (Å²) in [6, 6.07) is 14.2. The summed E-state index contributed by atoms with van der Waals surface area (Å²) in [5, 5.41) is 3.09. The molecule has 1 unspecified atom stereocenters. The Kier molecular flexibility index (Phi) is 6.60. The molecule has 4 rings (SSSR count). The third kappa shape index (κ3) is 4.68. The molecule has 0 aromatic heterocycles. The third-order valence-corrected chi connectivity index (χ3v) is 6.11. The highest BCUT2D eigenvalue weighted by atomic mass is 19.1. The molecule has 0 spiro atoms.